The lowest BCUT2D eigenvalue weighted by atomic mass is 10.2. The van der Waals surface area contributed by atoms with E-state index in [1.165, 1.54) is 10.3 Å². The van der Waals surface area contributed by atoms with Crippen LogP contribution in [0, 0.1) is 0 Å². The summed E-state index contributed by atoms with van der Waals surface area (Å²) in [5.74, 6) is 0. The molecule has 2 aromatic rings. The number of rotatable bonds is 4. The minimum Gasteiger partial charge on any atom is -0.310 e. The SMILES string of the molecule is CCC(C)NCc1cnc2ccsc2c1. The van der Waals surface area contributed by atoms with Crippen molar-refractivity contribution >= 4 is 21.6 Å². The molecule has 0 saturated carbocycles. The third-order valence-electron chi connectivity index (χ3n) is 2.63. The van der Waals surface area contributed by atoms with Crippen molar-refractivity contribution in [2.24, 2.45) is 0 Å². The van der Waals surface area contributed by atoms with Gasteiger partial charge in [-0.1, -0.05) is 6.92 Å². The number of fused-ring (bicyclic) bond motifs is 1. The van der Waals surface area contributed by atoms with E-state index in [4.69, 9.17) is 0 Å². The molecule has 2 heterocycles. The predicted molar refractivity (Wildman–Crippen MR) is 66.2 cm³/mol. The Labute approximate surface area is 94.3 Å². The lowest BCUT2D eigenvalue weighted by molar-refractivity contribution is 0.534. The molecule has 1 unspecified atom stereocenters. The first-order chi connectivity index (χ1) is 7.29. The third-order valence-corrected chi connectivity index (χ3v) is 3.48. The molecule has 0 aromatic carbocycles. The van der Waals surface area contributed by atoms with Gasteiger partial charge in [0.15, 0.2) is 0 Å². The molecule has 1 atom stereocenters. The Morgan fingerprint density at radius 2 is 2.40 bits per heavy atom. The molecule has 2 nitrogen and oxygen atoms in total. The van der Waals surface area contributed by atoms with Gasteiger partial charge in [-0.25, -0.2) is 0 Å². The van der Waals surface area contributed by atoms with E-state index >= 15 is 0 Å². The highest BCUT2D eigenvalue weighted by Gasteiger charge is 2.01. The van der Waals surface area contributed by atoms with Crippen molar-refractivity contribution in [2.75, 3.05) is 0 Å². The van der Waals surface area contributed by atoms with E-state index in [2.05, 4.69) is 41.7 Å². The minimum atomic E-state index is 0.573. The highest BCUT2D eigenvalue weighted by molar-refractivity contribution is 7.17. The van der Waals surface area contributed by atoms with Crippen molar-refractivity contribution in [3.05, 3.63) is 29.3 Å². The molecule has 80 valence electrons. The summed E-state index contributed by atoms with van der Waals surface area (Å²) in [4.78, 5) is 4.42. The first kappa shape index (κ1) is 10.6. The molecule has 0 amide bonds. The molecule has 0 spiro atoms. The second-order valence-corrected chi connectivity index (χ2v) is 4.79. The maximum absolute atomic E-state index is 4.42. The van der Waals surface area contributed by atoms with Crippen molar-refractivity contribution in [3.8, 4) is 0 Å². The van der Waals surface area contributed by atoms with Gasteiger partial charge in [-0.15, -0.1) is 11.3 Å². The summed E-state index contributed by atoms with van der Waals surface area (Å²) in [6.07, 6.45) is 3.12. The molecular weight excluding hydrogens is 204 g/mol. The largest absolute Gasteiger partial charge is 0.310 e. The summed E-state index contributed by atoms with van der Waals surface area (Å²) in [5, 5.41) is 5.56. The van der Waals surface area contributed by atoms with Crippen molar-refractivity contribution in [2.45, 2.75) is 32.9 Å². The van der Waals surface area contributed by atoms with Crippen LogP contribution >= 0.6 is 11.3 Å². The zero-order chi connectivity index (χ0) is 10.7. The van der Waals surface area contributed by atoms with E-state index in [0.29, 0.717) is 6.04 Å². The summed E-state index contributed by atoms with van der Waals surface area (Å²) in [6, 6.07) is 4.86. The lowest BCUT2D eigenvalue weighted by Gasteiger charge is -2.10. The van der Waals surface area contributed by atoms with Gasteiger partial charge < -0.3 is 5.32 Å². The van der Waals surface area contributed by atoms with Crippen molar-refractivity contribution in [1.82, 2.24) is 10.3 Å². The molecule has 2 aromatic heterocycles. The molecule has 0 aliphatic heterocycles. The molecule has 3 heteroatoms. The number of thiophene rings is 1. The monoisotopic (exact) mass is 220 g/mol. The second kappa shape index (κ2) is 4.73. The van der Waals surface area contributed by atoms with Crippen LogP contribution < -0.4 is 5.32 Å². The normalized spacial score (nSPS) is 13.2. The van der Waals surface area contributed by atoms with Crippen LogP contribution in [-0.2, 0) is 6.54 Å². The van der Waals surface area contributed by atoms with Gasteiger partial charge >= 0.3 is 0 Å². The van der Waals surface area contributed by atoms with Gasteiger partial charge in [0.25, 0.3) is 0 Å². The molecular formula is C12H16N2S. The fourth-order valence-electron chi connectivity index (χ4n) is 1.42. The quantitative estimate of drug-likeness (QED) is 0.856. The van der Waals surface area contributed by atoms with Gasteiger partial charge in [0.1, 0.15) is 0 Å². The molecule has 0 fully saturated rings. The fourth-order valence-corrected chi connectivity index (χ4v) is 2.22. The van der Waals surface area contributed by atoms with E-state index in [1.807, 2.05) is 6.20 Å². The fraction of sp³-hybridized carbons (Fsp3) is 0.417. The second-order valence-electron chi connectivity index (χ2n) is 3.84. The molecule has 0 bridgehead atoms. The Morgan fingerprint density at radius 1 is 1.53 bits per heavy atom. The third kappa shape index (κ3) is 2.55. The summed E-state index contributed by atoms with van der Waals surface area (Å²) in [7, 11) is 0. The van der Waals surface area contributed by atoms with Gasteiger partial charge in [0.05, 0.1) is 10.2 Å². The Balaban J connectivity index is 2.08. The Hall–Kier alpha value is -0.930. The van der Waals surface area contributed by atoms with Crippen LogP contribution in [0.1, 0.15) is 25.8 Å². The Kier molecular flexibility index (Phi) is 3.34. The van der Waals surface area contributed by atoms with E-state index in [9.17, 15) is 0 Å². The van der Waals surface area contributed by atoms with Crippen LogP contribution in [-0.4, -0.2) is 11.0 Å². The highest BCUT2D eigenvalue weighted by Crippen LogP contribution is 2.19. The minimum absolute atomic E-state index is 0.573. The molecule has 0 aliphatic rings. The average Bonchev–Trinajstić information content (AvgIpc) is 2.72. The van der Waals surface area contributed by atoms with Gasteiger partial charge in [-0.05, 0) is 36.4 Å². The van der Waals surface area contributed by atoms with Crippen LogP contribution in [0.2, 0.25) is 0 Å². The average molecular weight is 220 g/mol. The van der Waals surface area contributed by atoms with Gasteiger partial charge in [-0.3, -0.25) is 4.98 Å². The molecule has 0 saturated heterocycles. The first-order valence-corrected chi connectivity index (χ1v) is 6.23. The Bertz CT molecular complexity index is 436. The van der Waals surface area contributed by atoms with Crippen LogP contribution in [0.3, 0.4) is 0 Å². The van der Waals surface area contributed by atoms with Crippen LogP contribution in [0.25, 0.3) is 10.2 Å². The highest BCUT2D eigenvalue weighted by atomic mass is 32.1. The number of nitrogens with zero attached hydrogens (tertiary/aromatic N) is 1. The van der Waals surface area contributed by atoms with Crippen molar-refractivity contribution in [1.29, 1.82) is 0 Å². The van der Waals surface area contributed by atoms with E-state index in [0.717, 1.165) is 18.5 Å². The predicted octanol–water partition coefficient (Wildman–Crippen LogP) is 3.18. The molecule has 0 radical (unpaired) electrons. The van der Waals surface area contributed by atoms with E-state index in [1.54, 1.807) is 11.3 Å². The number of pyridine rings is 1. The lowest BCUT2D eigenvalue weighted by Crippen LogP contribution is -2.24. The van der Waals surface area contributed by atoms with Crippen LogP contribution in [0.4, 0.5) is 0 Å². The molecule has 15 heavy (non-hydrogen) atoms. The maximum Gasteiger partial charge on any atom is 0.0809 e. The number of nitrogens with one attached hydrogen (secondary N) is 1. The standard InChI is InChI=1S/C12H16N2S/c1-3-9(2)13-7-10-6-12-11(14-8-10)4-5-15-12/h4-6,8-9,13H,3,7H2,1-2H3. The summed E-state index contributed by atoms with van der Waals surface area (Å²) in [6.45, 7) is 5.31. The summed E-state index contributed by atoms with van der Waals surface area (Å²) >= 11 is 1.75. The summed E-state index contributed by atoms with van der Waals surface area (Å²) < 4.78 is 1.28. The van der Waals surface area contributed by atoms with E-state index in [-0.39, 0.29) is 0 Å². The van der Waals surface area contributed by atoms with Gasteiger partial charge in [0, 0.05) is 18.8 Å². The van der Waals surface area contributed by atoms with E-state index < -0.39 is 0 Å². The van der Waals surface area contributed by atoms with Crippen molar-refractivity contribution < 1.29 is 0 Å². The topological polar surface area (TPSA) is 24.9 Å². The molecule has 0 aliphatic carbocycles. The maximum atomic E-state index is 4.42. The number of aromatic nitrogens is 1. The summed E-state index contributed by atoms with van der Waals surface area (Å²) in [5.41, 5.74) is 2.37. The van der Waals surface area contributed by atoms with Crippen molar-refractivity contribution in [3.63, 3.8) is 0 Å². The van der Waals surface area contributed by atoms with Crippen LogP contribution in [0.15, 0.2) is 23.7 Å². The first-order valence-electron chi connectivity index (χ1n) is 5.35. The smallest absolute Gasteiger partial charge is 0.0809 e. The van der Waals surface area contributed by atoms with Gasteiger partial charge in [-0.2, -0.15) is 0 Å². The van der Waals surface area contributed by atoms with Crippen LogP contribution in [0.5, 0.6) is 0 Å². The zero-order valence-electron chi connectivity index (χ0n) is 9.16. The number of hydrogen-bond donors (Lipinski definition) is 1. The molecule has 2 rings (SSSR count). The molecule has 1 N–H and O–H groups in total. The zero-order valence-corrected chi connectivity index (χ0v) is 9.97. The Morgan fingerprint density at radius 3 is 3.20 bits per heavy atom. The number of hydrogen-bond acceptors (Lipinski definition) is 3. The van der Waals surface area contributed by atoms with Gasteiger partial charge in [0.2, 0.25) is 0 Å².